The Balaban J connectivity index is 0. The fraction of sp³-hybridized carbons (Fsp3) is 1.00. The van der Waals surface area contributed by atoms with E-state index in [-0.39, 0.29) is 31.3 Å². The van der Waals surface area contributed by atoms with Gasteiger partial charge in [-0.25, -0.2) is 0 Å². The molecule has 0 bridgehead atoms. The van der Waals surface area contributed by atoms with E-state index in [0.717, 1.165) is 0 Å². The smallest absolute Gasteiger partial charge is 0.423 e. The molecule has 0 N–H and O–H groups in total. The molecule has 0 heterocycles. The van der Waals surface area contributed by atoms with Gasteiger partial charge < -0.3 is 12.6 Å². The van der Waals surface area contributed by atoms with Crippen LogP contribution in [0, 0.1) is 0 Å². The number of hydrogen-bond donors (Lipinski definition) is 0. The van der Waals surface area contributed by atoms with Gasteiger partial charge in [-0.15, -0.1) is 11.6 Å². The molecule has 0 aliphatic rings. The monoisotopic (exact) mass is 150 g/mol. The minimum absolute atomic E-state index is 0. The van der Waals surface area contributed by atoms with Crippen molar-refractivity contribution in [3.05, 3.63) is 0 Å². The van der Waals surface area contributed by atoms with Gasteiger partial charge >= 0.3 is 18.9 Å². The summed E-state index contributed by atoms with van der Waals surface area (Å²) in [7, 11) is -2.40. The first kappa shape index (κ1) is 11.6. The van der Waals surface area contributed by atoms with Gasteiger partial charge in [-0.2, -0.15) is 0 Å². The van der Waals surface area contributed by atoms with Crippen LogP contribution in [0.25, 0.3) is 0 Å². The van der Waals surface area contributed by atoms with Crippen molar-refractivity contribution in [3.8, 4) is 0 Å². The molecule has 0 aliphatic carbocycles. The Labute approximate surface area is 66.7 Å². The van der Waals surface area contributed by atoms with Gasteiger partial charge in [0.2, 0.25) is 0 Å². The zero-order valence-corrected chi connectivity index (χ0v) is 6.00. The second-order valence-corrected chi connectivity index (χ2v) is 1.74. The summed E-state index contributed by atoms with van der Waals surface area (Å²) in [5.41, 5.74) is 0. The van der Waals surface area contributed by atoms with Crippen LogP contribution in [0.3, 0.4) is 0 Å². The molecule has 0 atom stereocenters. The van der Waals surface area contributed by atoms with E-state index in [1.165, 1.54) is 0 Å². The van der Waals surface area contributed by atoms with Crippen molar-refractivity contribution >= 4 is 22.6 Å². The first-order valence-electron chi connectivity index (χ1n) is 1.56. The Kier molecular flexibility index (Phi) is 11.3. The normalized spacial score (nSPS) is 8.75. The summed E-state index contributed by atoms with van der Waals surface area (Å²) in [6.07, 6.45) is 0. The van der Waals surface area contributed by atoms with Crippen LogP contribution in [0.2, 0.25) is 0 Å². The third kappa shape index (κ3) is 9.93. The van der Waals surface area contributed by atoms with Gasteiger partial charge in [0.05, 0.1) is 11.0 Å². The molecule has 3 nitrogen and oxygen atoms in total. The Morgan fingerprint density at radius 1 is 1.50 bits per heavy atom. The zero-order valence-electron chi connectivity index (χ0n) is 4.43. The van der Waals surface area contributed by atoms with E-state index in [2.05, 4.69) is 4.18 Å². The summed E-state index contributed by atoms with van der Waals surface area (Å²) < 4.78 is 22.9. The van der Waals surface area contributed by atoms with Crippen LogP contribution in [-0.2, 0) is 23.6 Å². The maximum atomic E-state index is 9.48. The van der Waals surface area contributed by atoms with Gasteiger partial charge in [-0.1, -0.05) is 0 Å². The summed E-state index contributed by atoms with van der Waals surface area (Å²) in [5, 5.41) is 0. The number of hydrogen-bond acceptors (Lipinski definition) is 4. The van der Waals surface area contributed by atoms with E-state index in [9.17, 15) is 8.42 Å². The molecule has 0 rings (SSSR count). The minimum Gasteiger partial charge on any atom is -0.423 e. The Hall–Kier alpha value is 0.797. The fourth-order valence-corrected chi connectivity index (χ4v) is 0.488. The van der Waals surface area contributed by atoms with Crippen molar-refractivity contribution in [1.82, 2.24) is 0 Å². The van der Waals surface area contributed by atoms with Crippen molar-refractivity contribution in [2.45, 2.75) is 0 Å². The van der Waals surface area contributed by atoms with Crippen molar-refractivity contribution in [3.63, 3.8) is 0 Å². The molecule has 8 heavy (non-hydrogen) atoms. The second-order valence-electron chi connectivity index (χ2n) is 0.715. The van der Waals surface area contributed by atoms with Gasteiger partial charge in [-0.3, -0.25) is 0 Å². The van der Waals surface area contributed by atoms with Crippen molar-refractivity contribution < 1.29 is 31.5 Å². The molecule has 0 aromatic carbocycles. The van der Waals surface area contributed by atoms with Crippen LogP contribution < -0.4 is 18.9 Å². The van der Waals surface area contributed by atoms with E-state index in [1.54, 1.807) is 0 Å². The van der Waals surface area contributed by atoms with E-state index in [4.69, 9.17) is 11.6 Å². The van der Waals surface area contributed by atoms with E-state index in [1.807, 2.05) is 0 Å². The minimum atomic E-state index is -2.40. The van der Waals surface area contributed by atoms with Crippen LogP contribution in [-0.4, -0.2) is 12.5 Å². The van der Waals surface area contributed by atoms with Crippen LogP contribution >= 0.6 is 11.6 Å². The molecular weight excluding hydrogens is 146 g/mol. The summed E-state index contributed by atoms with van der Waals surface area (Å²) >= 11 is 5.05. The molecule has 0 saturated heterocycles. The first-order valence-corrected chi connectivity index (χ1v) is 3.09. The molecule has 0 aliphatic heterocycles. The number of rotatable bonds is 3. The van der Waals surface area contributed by atoms with E-state index >= 15 is 0 Å². The zero-order chi connectivity index (χ0) is 5.70. The maximum Gasteiger partial charge on any atom is 1.00 e. The van der Waals surface area contributed by atoms with Gasteiger partial charge in [-0.05, 0) is 0 Å². The molecule has 44 valence electrons. The SMILES string of the molecule is O=[S-](=O)OCCCl.[Li+]. The third-order valence-electron chi connectivity index (χ3n) is 0.257. The van der Waals surface area contributed by atoms with E-state index < -0.39 is 11.0 Å². The third-order valence-corrected chi connectivity index (χ3v) is 0.770. The molecule has 0 saturated carbocycles. The van der Waals surface area contributed by atoms with Gasteiger partial charge in [0.15, 0.2) is 0 Å². The predicted molar refractivity (Wildman–Crippen MR) is 25.4 cm³/mol. The predicted octanol–water partition coefficient (Wildman–Crippen LogP) is -2.53. The van der Waals surface area contributed by atoms with Crippen molar-refractivity contribution in [2.75, 3.05) is 12.5 Å². The van der Waals surface area contributed by atoms with Crippen molar-refractivity contribution in [2.24, 2.45) is 0 Å². The second kappa shape index (κ2) is 7.80. The van der Waals surface area contributed by atoms with Gasteiger partial charge in [0.25, 0.3) is 0 Å². The molecular formula is C2H4ClLiO3S. The van der Waals surface area contributed by atoms with Gasteiger partial charge in [0, 0.05) is 12.5 Å². The van der Waals surface area contributed by atoms with Crippen LogP contribution in [0.15, 0.2) is 0 Å². The number of halogens is 1. The summed E-state index contributed by atoms with van der Waals surface area (Å²) in [6.45, 7) is 0.0532. The average molecular weight is 151 g/mol. The Morgan fingerprint density at radius 3 is 2.12 bits per heavy atom. The maximum absolute atomic E-state index is 9.48. The summed E-state index contributed by atoms with van der Waals surface area (Å²) in [6, 6.07) is 0. The summed E-state index contributed by atoms with van der Waals surface area (Å²) in [5.74, 6) is 0.202. The first-order chi connectivity index (χ1) is 3.27. The molecule has 6 heteroatoms. The standard InChI is InChI=1S/C2H4ClO3S.Li/c3-1-2-6-7(4)5;/h1-2H2;/q-1;+1. The molecule has 0 spiro atoms. The van der Waals surface area contributed by atoms with E-state index in [0.29, 0.717) is 0 Å². The quantitative estimate of drug-likeness (QED) is 0.253. The molecule has 0 radical (unpaired) electrons. The molecule has 0 unspecified atom stereocenters. The fourth-order valence-electron chi connectivity index (χ4n) is 0.0995. The topological polar surface area (TPSA) is 43.4 Å². The van der Waals surface area contributed by atoms with Crippen LogP contribution in [0.5, 0.6) is 0 Å². The molecule has 0 aromatic rings. The molecule has 0 fully saturated rings. The molecule has 0 aromatic heterocycles. The largest absolute Gasteiger partial charge is 1.00 e. The summed E-state index contributed by atoms with van der Waals surface area (Å²) in [4.78, 5) is 0. The Morgan fingerprint density at radius 2 is 2.00 bits per heavy atom. The average Bonchev–Trinajstić information content (AvgIpc) is 1.61. The van der Waals surface area contributed by atoms with Crippen LogP contribution in [0.1, 0.15) is 0 Å². The van der Waals surface area contributed by atoms with Crippen LogP contribution in [0.4, 0.5) is 0 Å². The molecule has 0 amide bonds. The van der Waals surface area contributed by atoms with Crippen molar-refractivity contribution in [1.29, 1.82) is 0 Å². The van der Waals surface area contributed by atoms with Gasteiger partial charge in [0.1, 0.15) is 0 Å². The Bertz CT molecular complexity index is 95.5. The number of alkyl halides is 1.